The maximum absolute atomic E-state index is 11.9. The van der Waals surface area contributed by atoms with Crippen molar-refractivity contribution in [2.75, 3.05) is 6.54 Å². The standard InChI is InChI=1S/C14H20N2O4S/c1-9(6-14(19)20)8-15-13(18)7-11(16-10(2)17)12-4-3-5-21-12/h3-5,9,11H,6-8H2,1-2H3,(H,15,18)(H,16,17)(H,19,20). The van der Waals surface area contributed by atoms with Crippen molar-refractivity contribution in [2.24, 2.45) is 5.92 Å². The molecule has 0 aromatic carbocycles. The lowest BCUT2D eigenvalue weighted by molar-refractivity contribution is -0.138. The molecular weight excluding hydrogens is 292 g/mol. The molecule has 1 heterocycles. The van der Waals surface area contributed by atoms with Crippen LogP contribution in [-0.2, 0) is 14.4 Å². The van der Waals surface area contributed by atoms with E-state index in [4.69, 9.17) is 5.11 Å². The highest BCUT2D eigenvalue weighted by Crippen LogP contribution is 2.21. The Labute approximate surface area is 127 Å². The van der Waals surface area contributed by atoms with Crippen LogP contribution in [0.4, 0.5) is 0 Å². The molecule has 0 spiro atoms. The first-order valence-electron chi connectivity index (χ1n) is 6.67. The summed E-state index contributed by atoms with van der Waals surface area (Å²) in [6.07, 6.45) is 0.153. The largest absolute Gasteiger partial charge is 0.481 e. The van der Waals surface area contributed by atoms with E-state index in [-0.39, 0.29) is 36.6 Å². The molecule has 0 radical (unpaired) electrons. The second-order valence-corrected chi connectivity index (χ2v) is 5.96. The Balaban J connectivity index is 2.49. The first-order valence-corrected chi connectivity index (χ1v) is 7.55. The lowest BCUT2D eigenvalue weighted by Crippen LogP contribution is -2.34. The molecule has 0 bridgehead atoms. The van der Waals surface area contributed by atoms with E-state index in [1.807, 2.05) is 17.5 Å². The predicted octanol–water partition coefficient (Wildman–Crippen LogP) is 1.54. The van der Waals surface area contributed by atoms with Crippen molar-refractivity contribution in [3.63, 3.8) is 0 Å². The summed E-state index contributed by atoms with van der Waals surface area (Å²) in [5.41, 5.74) is 0. The molecule has 116 valence electrons. The minimum Gasteiger partial charge on any atom is -0.481 e. The SMILES string of the molecule is CC(=O)NC(CC(=O)NCC(C)CC(=O)O)c1cccs1. The summed E-state index contributed by atoms with van der Waals surface area (Å²) in [7, 11) is 0. The van der Waals surface area contributed by atoms with Crippen molar-refractivity contribution in [1.82, 2.24) is 10.6 Å². The Bertz CT molecular complexity index is 487. The Morgan fingerprint density at radius 3 is 2.57 bits per heavy atom. The molecule has 2 atom stereocenters. The molecule has 0 aliphatic heterocycles. The Kier molecular flexibility index (Phi) is 6.87. The van der Waals surface area contributed by atoms with Crippen LogP contribution in [0.15, 0.2) is 17.5 Å². The quantitative estimate of drug-likeness (QED) is 0.678. The highest BCUT2D eigenvalue weighted by molar-refractivity contribution is 7.10. The minimum atomic E-state index is -0.883. The van der Waals surface area contributed by atoms with Crippen molar-refractivity contribution in [3.05, 3.63) is 22.4 Å². The van der Waals surface area contributed by atoms with Crippen LogP contribution < -0.4 is 10.6 Å². The van der Waals surface area contributed by atoms with Gasteiger partial charge in [0.1, 0.15) is 0 Å². The van der Waals surface area contributed by atoms with Gasteiger partial charge in [0, 0.05) is 24.8 Å². The van der Waals surface area contributed by atoms with Crippen LogP contribution >= 0.6 is 11.3 Å². The predicted molar refractivity (Wildman–Crippen MR) is 79.9 cm³/mol. The summed E-state index contributed by atoms with van der Waals surface area (Å²) in [5.74, 6) is -1.42. The molecule has 2 unspecified atom stereocenters. The average molecular weight is 312 g/mol. The topological polar surface area (TPSA) is 95.5 Å². The number of carboxylic acids is 1. The zero-order valence-electron chi connectivity index (χ0n) is 12.1. The second kappa shape index (κ2) is 8.41. The number of aliphatic carboxylic acids is 1. The number of hydrogen-bond acceptors (Lipinski definition) is 4. The van der Waals surface area contributed by atoms with Gasteiger partial charge in [-0.3, -0.25) is 14.4 Å². The number of amides is 2. The number of carboxylic acid groups (broad SMARTS) is 1. The number of carbonyl (C=O) groups is 3. The van der Waals surface area contributed by atoms with Crippen LogP contribution in [0.2, 0.25) is 0 Å². The third-order valence-electron chi connectivity index (χ3n) is 2.82. The Hall–Kier alpha value is -1.89. The van der Waals surface area contributed by atoms with Gasteiger partial charge >= 0.3 is 5.97 Å². The Morgan fingerprint density at radius 2 is 2.05 bits per heavy atom. The van der Waals surface area contributed by atoms with Crippen LogP contribution in [0.3, 0.4) is 0 Å². The highest BCUT2D eigenvalue weighted by atomic mass is 32.1. The first-order chi connectivity index (χ1) is 9.88. The monoisotopic (exact) mass is 312 g/mol. The van der Waals surface area contributed by atoms with E-state index in [0.29, 0.717) is 6.54 Å². The number of hydrogen-bond donors (Lipinski definition) is 3. The fraction of sp³-hybridized carbons (Fsp3) is 0.500. The summed E-state index contributed by atoms with van der Waals surface area (Å²) >= 11 is 1.48. The van der Waals surface area contributed by atoms with E-state index in [9.17, 15) is 14.4 Å². The van der Waals surface area contributed by atoms with E-state index >= 15 is 0 Å². The smallest absolute Gasteiger partial charge is 0.303 e. The number of rotatable bonds is 8. The van der Waals surface area contributed by atoms with Crippen molar-refractivity contribution in [2.45, 2.75) is 32.7 Å². The molecule has 0 aliphatic carbocycles. The first kappa shape index (κ1) is 17.2. The van der Waals surface area contributed by atoms with Crippen molar-refractivity contribution in [1.29, 1.82) is 0 Å². The fourth-order valence-corrected chi connectivity index (χ4v) is 2.65. The third kappa shape index (κ3) is 6.89. The van der Waals surface area contributed by atoms with E-state index in [2.05, 4.69) is 10.6 Å². The van der Waals surface area contributed by atoms with Crippen LogP contribution in [0, 0.1) is 5.92 Å². The van der Waals surface area contributed by atoms with Gasteiger partial charge < -0.3 is 15.7 Å². The van der Waals surface area contributed by atoms with E-state index in [1.54, 1.807) is 6.92 Å². The second-order valence-electron chi connectivity index (χ2n) is 4.98. The van der Waals surface area contributed by atoms with Gasteiger partial charge in [-0.05, 0) is 17.4 Å². The normalized spacial score (nSPS) is 13.2. The molecule has 0 fully saturated rings. The van der Waals surface area contributed by atoms with Gasteiger partial charge in [-0.15, -0.1) is 11.3 Å². The summed E-state index contributed by atoms with van der Waals surface area (Å²) < 4.78 is 0. The van der Waals surface area contributed by atoms with Crippen molar-refractivity contribution < 1.29 is 19.5 Å². The summed E-state index contributed by atoms with van der Waals surface area (Å²) in [5, 5.41) is 16.0. The molecule has 2 amide bonds. The Morgan fingerprint density at radius 1 is 1.33 bits per heavy atom. The molecule has 21 heavy (non-hydrogen) atoms. The highest BCUT2D eigenvalue weighted by Gasteiger charge is 2.18. The van der Waals surface area contributed by atoms with Gasteiger partial charge in [0.15, 0.2) is 0 Å². The molecule has 6 nitrogen and oxygen atoms in total. The number of nitrogens with one attached hydrogen (secondary N) is 2. The van der Waals surface area contributed by atoms with E-state index in [1.165, 1.54) is 18.3 Å². The van der Waals surface area contributed by atoms with Gasteiger partial charge in [0.25, 0.3) is 0 Å². The number of carbonyl (C=O) groups excluding carboxylic acids is 2. The number of thiophene rings is 1. The molecule has 7 heteroatoms. The molecular formula is C14H20N2O4S. The molecule has 1 aromatic heterocycles. The van der Waals surface area contributed by atoms with Crippen LogP contribution in [0.1, 0.15) is 37.6 Å². The molecule has 0 saturated heterocycles. The summed E-state index contributed by atoms with van der Waals surface area (Å²) in [6, 6.07) is 3.38. The lowest BCUT2D eigenvalue weighted by Gasteiger charge is -2.17. The molecule has 1 aromatic rings. The van der Waals surface area contributed by atoms with E-state index < -0.39 is 5.97 Å². The fourth-order valence-electron chi connectivity index (χ4n) is 1.87. The van der Waals surface area contributed by atoms with Crippen molar-refractivity contribution in [3.8, 4) is 0 Å². The molecule has 0 aliphatic rings. The maximum atomic E-state index is 11.9. The van der Waals surface area contributed by atoms with Gasteiger partial charge in [-0.25, -0.2) is 0 Å². The van der Waals surface area contributed by atoms with Crippen LogP contribution in [-0.4, -0.2) is 29.4 Å². The van der Waals surface area contributed by atoms with Crippen molar-refractivity contribution >= 4 is 29.1 Å². The van der Waals surface area contributed by atoms with Gasteiger partial charge in [-0.2, -0.15) is 0 Å². The van der Waals surface area contributed by atoms with E-state index in [0.717, 1.165) is 4.88 Å². The minimum absolute atomic E-state index is 0.0142. The molecule has 3 N–H and O–H groups in total. The zero-order valence-corrected chi connectivity index (χ0v) is 12.9. The summed E-state index contributed by atoms with van der Waals surface area (Å²) in [6.45, 7) is 3.48. The lowest BCUT2D eigenvalue weighted by atomic mass is 10.1. The maximum Gasteiger partial charge on any atom is 0.303 e. The van der Waals surface area contributed by atoms with Gasteiger partial charge in [0.05, 0.1) is 12.5 Å². The molecule has 1 rings (SSSR count). The molecule has 0 saturated carbocycles. The zero-order chi connectivity index (χ0) is 15.8. The average Bonchev–Trinajstić information content (AvgIpc) is 2.88. The van der Waals surface area contributed by atoms with Gasteiger partial charge in [-0.1, -0.05) is 13.0 Å². The summed E-state index contributed by atoms with van der Waals surface area (Å²) in [4.78, 5) is 34.6. The third-order valence-corrected chi connectivity index (χ3v) is 3.81. The van der Waals surface area contributed by atoms with Gasteiger partial charge in [0.2, 0.25) is 11.8 Å². The van der Waals surface area contributed by atoms with Crippen LogP contribution in [0.25, 0.3) is 0 Å². The van der Waals surface area contributed by atoms with Crippen LogP contribution in [0.5, 0.6) is 0 Å².